The highest BCUT2D eigenvalue weighted by Gasteiger charge is 2.17. The van der Waals surface area contributed by atoms with E-state index in [1.807, 2.05) is 30.5 Å². The van der Waals surface area contributed by atoms with Crippen molar-refractivity contribution < 1.29 is 4.79 Å². The number of aromatic amines is 1. The predicted octanol–water partition coefficient (Wildman–Crippen LogP) is 2.70. The Hall–Kier alpha value is -2.34. The monoisotopic (exact) mass is 286 g/mol. The Morgan fingerprint density at radius 2 is 2.30 bits per heavy atom. The number of hydrogen-bond acceptors (Lipinski definition) is 4. The molecular formula is C14H14N4OS. The molecule has 1 amide bonds. The SMILES string of the molecule is CC(NC(=O)c1n[nH]c2ccc(N)cc12)c1cccs1. The lowest BCUT2D eigenvalue weighted by Gasteiger charge is -2.11. The number of thiophene rings is 1. The van der Waals surface area contributed by atoms with Gasteiger partial charge < -0.3 is 11.1 Å². The molecule has 0 saturated carbocycles. The fraction of sp³-hybridized carbons (Fsp3) is 0.143. The van der Waals surface area contributed by atoms with E-state index in [4.69, 9.17) is 5.73 Å². The fourth-order valence-electron chi connectivity index (χ4n) is 2.08. The van der Waals surface area contributed by atoms with Crippen molar-refractivity contribution in [3.05, 3.63) is 46.3 Å². The first-order valence-corrected chi connectivity index (χ1v) is 7.11. The molecule has 4 N–H and O–H groups in total. The average Bonchev–Trinajstić information content (AvgIpc) is 3.07. The van der Waals surface area contributed by atoms with Crippen molar-refractivity contribution in [2.24, 2.45) is 0 Å². The molecule has 6 heteroatoms. The molecule has 2 heterocycles. The Morgan fingerprint density at radius 3 is 3.05 bits per heavy atom. The summed E-state index contributed by atoms with van der Waals surface area (Å²) in [6.07, 6.45) is 0. The molecule has 0 saturated heterocycles. The van der Waals surface area contributed by atoms with Gasteiger partial charge in [0, 0.05) is 16.0 Å². The number of rotatable bonds is 3. The van der Waals surface area contributed by atoms with Crippen LogP contribution in [0.15, 0.2) is 35.7 Å². The molecule has 1 unspecified atom stereocenters. The summed E-state index contributed by atoms with van der Waals surface area (Å²) in [5.74, 6) is -0.206. The Morgan fingerprint density at radius 1 is 1.45 bits per heavy atom. The van der Waals surface area contributed by atoms with Crippen LogP contribution in [0.3, 0.4) is 0 Å². The molecule has 20 heavy (non-hydrogen) atoms. The summed E-state index contributed by atoms with van der Waals surface area (Å²) >= 11 is 1.61. The lowest BCUT2D eigenvalue weighted by atomic mass is 10.1. The number of amides is 1. The van der Waals surface area contributed by atoms with E-state index in [2.05, 4.69) is 15.5 Å². The molecule has 0 aliphatic heterocycles. The molecule has 1 aromatic carbocycles. The minimum atomic E-state index is -0.206. The molecule has 102 valence electrons. The van der Waals surface area contributed by atoms with Gasteiger partial charge in [-0.25, -0.2) is 0 Å². The van der Waals surface area contributed by atoms with Crippen molar-refractivity contribution in [3.63, 3.8) is 0 Å². The van der Waals surface area contributed by atoms with Gasteiger partial charge in [-0.1, -0.05) is 6.07 Å². The normalized spacial score (nSPS) is 12.4. The molecule has 0 aliphatic carbocycles. The standard InChI is InChI=1S/C14H14N4OS/c1-8(12-3-2-6-20-12)16-14(19)13-10-7-9(15)4-5-11(10)17-18-13/h2-8H,15H2,1H3,(H,16,19)(H,17,18). The van der Waals surface area contributed by atoms with E-state index in [0.29, 0.717) is 11.4 Å². The summed E-state index contributed by atoms with van der Waals surface area (Å²) in [5.41, 5.74) is 7.54. The molecule has 3 rings (SSSR count). The summed E-state index contributed by atoms with van der Waals surface area (Å²) in [4.78, 5) is 13.4. The summed E-state index contributed by atoms with van der Waals surface area (Å²) in [7, 11) is 0. The number of fused-ring (bicyclic) bond motifs is 1. The third kappa shape index (κ3) is 2.25. The van der Waals surface area contributed by atoms with Crippen LogP contribution in [0.1, 0.15) is 28.3 Å². The van der Waals surface area contributed by atoms with Crippen molar-refractivity contribution in [1.29, 1.82) is 0 Å². The zero-order chi connectivity index (χ0) is 14.1. The third-order valence-electron chi connectivity index (χ3n) is 3.12. The quantitative estimate of drug-likeness (QED) is 0.647. The number of nitrogens with two attached hydrogens (primary N) is 1. The Labute approximate surface area is 119 Å². The van der Waals surface area contributed by atoms with E-state index in [0.717, 1.165) is 15.8 Å². The van der Waals surface area contributed by atoms with Crippen LogP contribution in [0.25, 0.3) is 10.9 Å². The molecular weight excluding hydrogens is 272 g/mol. The second-order valence-corrected chi connectivity index (χ2v) is 5.57. The highest BCUT2D eigenvalue weighted by Crippen LogP contribution is 2.21. The highest BCUT2D eigenvalue weighted by atomic mass is 32.1. The molecule has 0 aliphatic rings. The number of aromatic nitrogens is 2. The maximum atomic E-state index is 12.3. The first-order valence-electron chi connectivity index (χ1n) is 6.23. The van der Waals surface area contributed by atoms with E-state index in [1.165, 1.54) is 0 Å². The van der Waals surface area contributed by atoms with Gasteiger partial charge in [-0.05, 0) is 36.6 Å². The maximum Gasteiger partial charge on any atom is 0.272 e. The van der Waals surface area contributed by atoms with Crippen molar-refractivity contribution >= 4 is 33.8 Å². The minimum absolute atomic E-state index is 0.0460. The number of benzene rings is 1. The van der Waals surface area contributed by atoms with Crippen LogP contribution >= 0.6 is 11.3 Å². The molecule has 5 nitrogen and oxygen atoms in total. The van der Waals surface area contributed by atoms with Crippen molar-refractivity contribution in [2.75, 3.05) is 5.73 Å². The van der Waals surface area contributed by atoms with E-state index in [1.54, 1.807) is 23.5 Å². The smallest absolute Gasteiger partial charge is 0.272 e. The average molecular weight is 286 g/mol. The lowest BCUT2D eigenvalue weighted by molar-refractivity contribution is 0.0937. The van der Waals surface area contributed by atoms with E-state index in [9.17, 15) is 4.79 Å². The van der Waals surface area contributed by atoms with E-state index in [-0.39, 0.29) is 11.9 Å². The van der Waals surface area contributed by atoms with Gasteiger partial charge in [0.2, 0.25) is 0 Å². The lowest BCUT2D eigenvalue weighted by Crippen LogP contribution is -2.26. The van der Waals surface area contributed by atoms with Crippen LogP contribution in [-0.4, -0.2) is 16.1 Å². The molecule has 0 spiro atoms. The number of nitrogens with one attached hydrogen (secondary N) is 2. The highest BCUT2D eigenvalue weighted by molar-refractivity contribution is 7.10. The van der Waals surface area contributed by atoms with Crippen molar-refractivity contribution in [3.8, 4) is 0 Å². The molecule has 2 aromatic heterocycles. The number of anilines is 1. The largest absolute Gasteiger partial charge is 0.399 e. The summed E-state index contributed by atoms with van der Waals surface area (Å²) in [6, 6.07) is 9.26. The van der Waals surface area contributed by atoms with Gasteiger partial charge in [0.05, 0.1) is 11.6 Å². The topological polar surface area (TPSA) is 83.8 Å². The van der Waals surface area contributed by atoms with E-state index >= 15 is 0 Å². The van der Waals surface area contributed by atoms with Gasteiger partial charge in [0.1, 0.15) is 0 Å². The number of H-pyrrole nitrogens is 1. The molecule has 0 fully saturated rings. The van der Waals surface area contributed by atoms with Crippen LogP contribution in [0.5, 0.6) is 0 Å². The third-order valence-corrected chi connectivity index (χ3v) is 4.17. The predicted molar refractivity (Wildman–Crippen MR) is 80.7 cm³/mol. The number of hydrogen-bond donors (Lipinski definition) is 3. The summed E-state index contributed by atoms with van der Waals surface area (Å²) < 4.78 is 0. The summed E-state index contributed by atoms with van der Waals surface area (Å²) in [6.45, 7) is 1.95. The van der Waals surface area contributed by atoms with Crippen molar-refractivity contribution in [2.45, 2.75) is 13.0 Å². The van der Waals surface area contributed by atoms with Gasteiger partial charge in [-0.3, -0.25) is 9.89 Å². The van der Waals surface area contributed by atoms with Crippen LogP contribution in [0.4, 0.5) is 5.69 Å². The molecule has 0 bridgehead atoms. The number of nitrogens with zero attached hydrogens (tertiary/aromatic N) is 1. The Bertz CT molecular complexity index is 748. The fourth-order valence-corrected chi connectivity index (χ4v) is 2.81. The van der Waals surface area contributed by atoms with Crippen LogP contribution in [-0.2, 0) is 0 Å². The van der Waals surface area contributed by atoms with E-state index < -0.39 is 0 Å². The zero-order valence-electron chi connectivity index (χ0n) is 10.9. The van der Waals surface area contributed by atoms with Crippen LogP contribution in [0.2, 0.25) is 0 Å². The first-order chi connectivity index (χ1) is 9.65. The van der Waals surface area contributed by atoms with Gasteiger partial charge in [0.15, 0.2) is 5.69 Å². The van der Waals surface area contributed by atoms with Gasteiger partial charge in [0.25, 0.3) is 5.91 Å². The van der Waals surface area contributed by atoms with Gasteiger partial charge >= 0.3 is 0 Å². The second kappa shape index (κ2) is 4.97. The minimum Gasteiger partial charge on any atom is -0.399 e. The van der Waals surface area contributed by atoms with Crippen LogP contribution < -0.4 is 11.1 Å². The van der Waals surface area contributed by atoms with Gasteiger partial charge in [-0.15, -0.1) is 11.3 Å². The van der Waals surface area contributed by atoms with Gasteiger partial charge in [-0.2, -0.15) is 5.10 Å². The van der Waals surface area contributed by atoms with Crippen molar-refractivity contribution in [1.82, 2.24) is 15.5 Å². The number of carbonyl (C=O) groups is 1. The molecule has 0 radical (unpaired) electrons. The Balaban J connectivity index is 1.87. The summed E-state index contributed by atoms with van der Waals surface area (Å²) in [5, 5.41) is 12.6. The number of nitrogen functional groups attached to an aromatic ring is 1. The second-order valence-electron chi connectivity index (χ2n) is 4.59. The Kier molecular flexibility index (Phi) is 3.15. The zero-order valence-corrected chi connectivity index (χ0v) is 11.7. The first kappa shape index (κ1) is 12.7. The maximum absolute atomic E-state index is 12.3. The van der Waals surface area contributed by atoms with Crippen LogP contribution in [0, 0.1) is 0 Å². The molecule has 1 atom stereocenters. The molecule has 3 aromatic rings. The number of carbonyl (C=O) groups excluding carboxylic acids is 1.